The molecule has 0 saturated heterocycles. The lowest BCUT2D eigenvalue weighted by Crippen LogP contribution is -2.03. The Kier molecular flexibility index (Phi) is 5.88. The predicted molar refractivity (Wildman–Crippen MR) is 39.5 cm³/mol. The molecular weight excluding hydrogens is 168 g/mol. The summed E-state index contributed by atoms with van der Waals surface area (Å²) in [6.07, 6.45) is 2.78. The fraction of sp³-hybridized carbons (Fsp3) is 1.00. The molecule has 0 N–H and O–H groups in total. The molecule has 0 radical (unpaired) electrons. The van der Waals surface area contributed by atoms with Gasteiger partial charge in [-0.3, -0.25) is 0 Å². The van der Waals surface area contributed by atoms with Crippen molar-refractivity contribution in [1.29, 1.82) is 0 Å². The quantitative estimate of drug-likeness (QED) is 0.604. The van der Waals surface area contributed by atoms with Crippen molar-refractivity contribution in [2.45, 2.75) is 25.9 Å². The molecule has 0 aromatic carbocycles. The van der Waals surface area contributed by atoms with Gasteiger partial charge in [0.25, 0.3) is 0 Å². The van der Waals surface area contributed by atoms with Gasteiger partial charge in [-0.1, -0.05) is 15.9 Å². The summed E-state index contributed by atoms with van der Waals surface area (Å²) in [4.78, 5) is 0. The van der Waals surface area contributed by atoms with E-state index in [4.69, 9.17) is 4.74 Å². The fourth-order valence-corrected chi connectivity index (χ4v) is 0.806. The SMILES string of the molecule is CO[C@@H](C)CCCBr. The van der Waals surface area contributed by atoms with Crippen LogP contribution >= 0.6 is 15.9 Å². The van der Waals surface area contributed by atoms with Gasteiger partial charge in [0.1, 0.15) is 0 Å². The Bertz CT molecular complexity index is 47.8. The number of halogens is 1. The van der Waals surface area contributed by atoms with Gasteiger partial charge in [0, 0.05) is 12.4 Å². The van der Waals surface area contributed by atoms with Crippen LogP contribution in [0.15, 0.2) is 0 Å². The first-order chi connectivity index (χ1) is 3.81. The van der Waals surface area contributed by atoms with Gasteiger partial charge >= 0.3 is 0 Å². The summed E-state index contributed by atoms with van der Waals surface area (Å²) in [6.45, 7) is 2.09. The molecule has 0 unspecified atom stereocenters. The molecule has 8 heavy (non-hydrogen) atoms. The summed E-state index contributed by atoms with van der Waals surface area (Å²) in [5.74, 6) is 0. The van der Waals surface area contributed by atoms with E-state index >= 15 is 0 Å². The summed E-state index contributed by atoms with van der Waals surface area (Å²) in [5, 5.41) is 1.08. The van der Waals surface area contributed by atoms with Crippen molar-refractivity contribution in [1.82, 2.24) is 0 Å². The maximum atomic E-state index is 5.03. The van der Waals surface area contributed by atoms with Gasteiger partial charge in [0.15, 0.2) is 0 Å². The van der Waals surface area contributed by atoms with Crippen molar-refractivity contribution in [3.05, 3.63) is 0 Å². The fourth-order valence-electron chi connectivity index (χ4n) is 0.482. The van der Waals surface area contributed by atoms with E-state index in [2.05, 4.69) is 22.9 Å². The number of hydrogen-bond donors (Lipinski definition) is 0. The molecule has 0 spiro atoms. The topological polar surface area (TPSA) is 9.23 Å². The molecule has 0 aliphatic rings. The number of alkyl halides is 1. The number of hydrogen-bond acceptors (Lipinski definition) is 1. The second-order valence-corrected chi connectivity index (χ2v) is 2.67. The average molecular weight is 181 g/mol. The van der Waals surface area contributed by atoms with E-state index in [1.165, 1.54) is 6.42 Å². The zero-order valence-electron chi connectivity index (χ0n) is 5.48. The van der Waals surface area contributed by atoms with Gasteiger partial charge < -0.3 is 4.74 Å². The second-order valence-electron chi connectivity index (χ2n) is 1.88. The van der Waals surface area contributed by atoms with Crippen LogP contribution in [0.5, 0.6) is 0 Å². The van der Waals surface area contributed by atoms with Crippen LogP contribution < -0.4 is 0 Å². The van der Waals surface area contributed by atoms with Crippen LogP contribution in [-0.2, 0) is 4.74 Å². The summed E-state index contributed by atoms with van der Waals surface area (Å²) in [6, 6.07) is 0. The molecule has 0 aliphatic heterocycles. The molecule has 0 bridgehead atoms. The van der Waals surface area contributed by atoms with Gasteiger partial charge in [-0.15, -0.1) is 0 Å². The average Bonchev–Trinajstić information content (AvgIpc) is 1.83. The van der Waals surface area contributed by atoms with Crippen molar-refractivity contribution >= 4 is 15.9 Å². The van der Waals surface area contributed by atoms with Gasteiger partial charge in [0.2, 0.25) is 0 Å². The summed E-state index contributed by atoms with van der Waals surface area (Å²) in [5.41, 5.74) is 0. The highest BCUT2D eigenvalue weighted by molar-refractivity contribution is 9.09. The van der Waals surface area contributed by atoms with E-state index in [-0.39, 0.29) is 0 Å². The van der Waals surface area contributed by atoms with Gasteiger partial charge in [-0.2, -0.15) is 0 Å². The molecule has 0 aromatic heterocycles. The van der Waals surface area contributed by atoms with E-state index in [9.17, 15) is 0 Å². The third kappa shape index (κ3) is 4.60. The van der Waals surface area contributed by atoms with Gasteiger partial charge in [0.05, 0.1) is 6.10 Å². The van der Waals surface area contributed by atoms with Gasteiger partial charge in [-0.25, -0.2) is 0 Å². The van der Waals surface area contributed by atoms with E-state index in [1.54, 1.807) is 7.11 Å². The summed E-state index contributed by atoms with van der Waals surface area (Å²) in [7, 11) is 1.75. The van der Waals surface area contributed by atoms with Crippen LogP contribution in [0.2, 0.25) is 0 Å². The summed E-state index contributed by atoms with van der Waals surface area (Å²) < 4.78 is 5.03. The van der Waals surface area contributed by atoms with Crippen LogP contribution in [0.4, 0.5) is 0 Å². The van der Waals surface area contributed by atoms with Gasteiger partial charge in [-0.05, 0) is 19.8 Å². The predicted octanol–water partition coefficient (Wildman–Crippen LogP) is 2.20. The number of methoxy groups -OCH3 is 1. The largest absolute Gasteiger partial charge is 0.382 e. The Morgan fingerprint density at radius 1 is 1.62 bits per heavy atom. The van der Waals surface area contributed by atoms with E-state index in [0.717, 1.165) is 11.8 Å². The maximum absolute atomic E-state index is 5.03. The third-order valence-electron chi connectivity index (χ3n) is 1.15. The minimum Gasteiger partial charge on any atom is -0.382 e. The van der Waals surface area contributed by atoms with Crippen LogP contribution in [-0.4, -0.2) is 18.5 Å². The Morgan fingerprint density at radius 2 is 2.25 bits per heavy atom. The van der Waals surface area contributed by atoms with E-state index < -0.39 is 0 Å². The molecule has 0 fully saturated rings. The first-order valence-corrected chi connectivity index (χ1v) is 4.02. The highest BCUT2D eigenvalue weighted by Crippen LogP contribution is 2.00. The van der Waals surface area contributed by atoms with Crippen LogP contribution in [0.25, 0.3) is 0 Å². The first-order valence-electron chi connectivity index (χ1n) is 2.90. The maximum Gasteiger partial charge on any atom is 0.0543 e. The zero-order chi connectivity index (χ0) is 6.41. The minimum atomic E-state index is 0.424. The van der Waals surface area contributed by atoms with Crippen molar-refractivity contribution in [2.24, 2.45) is 0 Å². The Labute approximate surface area is 59.5 Å². The Morgan fingerprint density at radius 3 is 2.62 bits per heavy atom. The molecule has 1 nitrogen and oxygen atoms in total. The first kappa shape index (κ1) is 8.44. The molecule has 0 aromatic rings. The third-order valence-corrected chi connectivity index (χ3v) is 1.71. The molecule has 50 valence electrons. The minimum absolute atomic E-state index is 0.424. The summed E-state index contributed by atoms with van der Waals surface area (Å²) >= 11 is 3.35. The lowest BCUT2D eigenvalue weighted by molar-refractivity contribution is 0.110. The molecule has 0 aliphatic carbocycles. The highest BCUT2D eigenvalue weighted by atomic mass is 79.9. The lowest BCUT2D eigenvalue weighted by atomic mass is 10.2. The number of rotatable bonds is 4. The molecule has 0 heterocycles. The monoisotopic (exact) mass is 180 g/mol. The molecule has 1 atom stereocenters. The van der Waals surface area contributed by atoms with Crippen LogP contribution in [0, 0.1) is 0 Å². The van der Waals surface area contributed by atoms with Crippen molar-refractivity contribution in [2.75, 3.05) is 12.4 Å². The zero-order valence-corrected chi connectivity index (χ0v) is 7.07. The van der Waals surface area contributed by atoms with Crippen molar-refractivity contribution in [3.63, 3.8) is 0 Å². The smallest absolute Gasteiger partial charge is 0.0543 e. The molecular formula is C6H13BrO. The highest BCUT2D eigenvalue weighted by Gasteiger charge is 1.95. The van der Waals surface area contributed by atoms with Crippen LogP contribution in [0.1, 0.15) is 19.8 Å². The van der Waals surface area contributed by atoms with Crippen LogP contribution in [0.3, 0.4) is 0 Å². The van der Waals surface area contributed by atoms with Crippen molar-refractivity contribution < 1.29 is 4.74 Å². The second kappa shape index (κ2) is 5.57. The lowest BCUT2D eigenvalue weighted by Gasteiger charge is -2.05. The molecule has 0 rings (SSSR count). The number of ether oxygens (including phenoxy) is 1. The molecule has 0 amide bonds. The van der Waals surface area contributed by atoms with Crippen molar-refractivity contribution in [3.8, 4) is 0 Å². The normalized spacial score (nSPS) is 13.9. The Hall–Kier alpha value is 0.440. The van der Waals surface area contributed by atoms with E-state index in [0.29, 0.717) is 6.10 Å². The Balaban J connectivity index is 2.86. The standard InChI is InChI=1S/C6H13BrO/c1-6(8-2)4-3-5-7/h6H,3-5H2,1-2H3/t6-/m0/s1. The molecule has 0 saturated carbocycles. The molecule has 2 heteroatoms. The van der Waals surface area contributed by atoms with E-state index in [1.807, 2.05) is 0 Å².